The second-order valence-electron chi connectivity index (χ2n) is 4.32. The van der Waals surface area contributed by atoms with Gasteiger partial charge in [-0.15, -0.1) is 23.1 Å². The number of hydrogen-bond acceptors (Lipinski definition) is 3. The van der Waals surface area contributed by atoms with Gasteiger partial charge in [0.1, 0.15) is 6.61 Å². The minimum Gasteiger partial charge on any atom is -0.384 e. The molecule has 2 aromatic rings. The molecule has 0 aliphatic carbocycles. The van der Waals surface area contributed by atoms with Crippen LogP contribution in [0.3, 0.4) is 0 Å². The number of aliphatic hydroxyl groups excluding tert-OH is 1. The zero-order valence-electron chi connectivity index (χ0n) is 11.1. The molecule has 0 bridgehead atoms. The second kappa shape index (κ2) is 6.81. The number of aliphatic hydroxyl groups is 1. The van der Waals surface area contributed by atoms with E-state index in [1.807, 2.05) is 17.1 Å². The van der Waals surface area contributed by atoms with Gasteiger partial charge in [-0.1, -0.05) is 29.5 Å². The molecule has 0 saturated heterocycles. The largest absolute Gasteiger partial charge is 0.384 e. The number of rotatable bonds is 3. The molecule has 1 aromatic carbocycles. The van der Waals surface area contributed by atoms with Gasteiger partial charge in [-0.25, -0.2) is 0 Å². The van der Waals surface area contributed by atoms with Gasteiger partial charge in [0.15, 0.2) is 0 Å². The van der Waals surface area contributed by atoms with Gasteiger partial charge in [0, 0.05) is 26.5 Å². The first-order valence-corrected chi connectivity index (χ1v) is 7.93. The van der Waals surface area contributed by atoms with E-state index in [2.05, 4.69) is 50.0 Å². The van der Waals surface area contributed by atoms with E-state index in [0.29, 0.717) is 0 Å². The smallest absolute Gasteiger partial charge is 0.104 e. The van der Waals surface area contributed by atoms with E-state index in [4.69, 9.17) is 5.11 Å². The molecule has 0 radical (unpaired) electrons. The maximum Gasteiger partial charge on any atom is 0.104 e. The van der Waals surface area contributed by atoms with Crippen LogP contribution in [-0.4, -0.2) is 11.7 Å². The lowest BCUT2D eigenvalue weighted by Gasteiger charge is -2.05. The van der Waals surface area contributed by atoms with Crippen molar-refractivity contribution in [3.05, 3.63) is 51.2 Å². The van der Waals surface area contributed by atoms with Gasteiger partial charge < -0.3 is 5.11 Å². The molecule has 0 saturated carbocycles. The molecule has 0 amide bonds. The van der Waals surface area contributed by atoms with Crippen molar-refractivity contribution >= 4 is 23.1 Å². The minimum absolute atomic E-state index is 0.0809. The molecule has 1 N–H and O–H groups in total. The summed E-state index contributed by atoms with van der Waals surface area (Å²) >= 11 is 3.59. The fourth-order valence-electron chi connectivity index (χ4n) is 1.68. The molecule has 1 nitrogen and oxygen atoms in total. The van der Waals surface area contributed by atoms with Crippen molar-refractivity contribution in [2.75, 3.05) is 6.61 Å². The highest BCUT2D eigenvalue weighted by Crippen LogP contribution is 2.29. The highest BCUT2D eigenvalue weighted by molar-refractivity contribution is 7.98. The summed E-state index contributed by atoms with van der Waals surface area (Å²) in [6, 6.07) is 8.66. The molecule has 1 heterocycles. The third-order valence-corrected chi connectivity index (χ3v) is 5.00. The van der Waals surface area contributed by atoms with Crippen molar-refractivity contribution in [3.63, 3.8) is 0 Å². The van der Waals surface area contributed by atoms with Crippen LogP contribution in [0, 0.1) is 25.7 Å². The lowest BCUT2D eigenvalue weighted by Crippen LogP contribution is -1.82. The lowest BCUT2D eigenvalue weighted by molar-refractivity contribution is 0.350. The molecule has 1 aromatic heterocycles. The van der Waals surface area contributed by atoms with Gasteiger partial charge in [-0.05, 0) is 31.5 Å². The summed E-state index contributed by atoms with van der Waals surface area (Å²) < 4.78 is 0. The fraction of sp³-hybridized carbons (Fsp3) is 0.250. The van der Waals surface area contributed by atoms with Crippen molar-refractivity contribution in [1.82, 2.24) is 0 Å². The van der Waals surface area contributed by atoms with Crippen molar-refractivity contribution in [3.8, 4) is 11.8 Å². The van der Waals surface area contributed by atoms with Crippen molar-refractivity contribution in [1.29, 1.82) is 0 Å². The topological polar surface area (TPSA) is 20.2 Å². The quantitative estimate of drug-likeness (QED) is 0.680. The summed E-state index contributed by atoms with van der Waals surface area (Å²) in [5, 5.41) is 10.7. The summed E-state index contributed by atoms with van der Waals surface area (Å²) in [5.41, 5.74) is 3.62. The summed E-state index contributed by atoms with van der Waals surface area (Å²) in [6.07, 6.45) is 0. The molecule has 0 aliphatic heterocycles. The summed E-state index contributed by atoms with van der Waals surface area (Å²) in [7, 11) is 0. The van der Waals surface area contributed by atoms with Gasteiger partial charge in [-0.3, -0.25) is 0 Å². The number of benzene rings is 1. The molecule has 0 aliphatic rings. The Bertz CT molecular complexity index is 617. The van der Waals surface area contributed by atoms with Crippen LogP contribution < -0.4 is 0 Å². The molecule has 98 valence electrons. The van der Waals surface area contributed by atoms with Gasteiger partial charge >= 0.3 is 0 Å². The highest BCUT2D eigenvalue weighted by Gasteiger charge is 2.03. The van der Waals surface area contributed by atoms with Gasteiger partial charge in [-0.2, -0.15) is 0 Å². The van der Waals surface area contributed by atoms with Gasteiger partial charge in [0.2, 0.25) is 0 Å². The number of thioether (sulfide) groups is 1. The van der Waals surface area contributed by atoms with Crippen LogP contribution in [0.1, 0.15) is 21.6 Å². The van der Waals surface area contributed by atoms with E-state index in [1.165, 1.54) is 20.9 Å². The van der Waals surface area contributed by atoms with Crippen LogP contribution in [0.4, 0.5) is 0 Å². The minimum atomic E-state index is -0.0809. The predicted molar refractivity (Wildman–Crippen MR) is 83.8 cm³/mol. The Balaban J connectivity index is 2.02. The van der Waals surface area contributed by atoms with Crippen molar-refractivity contribution in [2.24, 2.45) is 0 Å². The third-order valence-electron chi connectivity index (χ3n) is 2.68. The Morgan fingerprint density at radius 3 is 2.89 bits per heavy atom. The van der Waals surface area contributed by atoms with Crippen LogP contribution >= 0.6 is 23.1 Å². The number of thiophene rings is 1. The fourth-order valence-corrected chi connectivity index (χ4v) is 3.67. The SMILES string of the molecule is Cc1ccc(C)c(SCc2cc(C#CCO)cs2)c1. The first-order chi connectivity index (χ1) is 9.19. The molecule has 0 spiro atoms. The van der Waals surface area contributed by atoms with Crippen LogP contribution in [0.15, 0.2) is 34.5 Å². The normalized spacial score (nSPS) is 10.1. The summed E-state index contributed by atoms with van der Waals surface area (Å²) in [6.45, 7) is 4.19. The van der Waals surface area contributed by atoms with E-state index in [1.54, 1.807) is 11.3 Å². The lowest BCUT2D eigenvalue weighted by atomic mass is 10.2. The third kappa shape index (κ3) is 4.14. The van der Waals surface area contributed by atoms with Crippen LogP contribution in [0.2, 0.25) is 0 Å². The number of hydrogen-bond donors (Lipinski definition) is 1. The van der Waals surface area contributed by atoms with Crippen molar-refractivity contribution < 1.29 is 5.11 Å². The predicted octanol–water partition coefficient (Wildman–Crippen LogP) is 4.00. The van der Waals surface area contributed by atoms with Crippen molar-refractivity contribution in [2.45, 2.75) is 24.5 Å². The van der Waals surface area contributed by atoms with E-state index in [9.17, 15) is 0 Å². The molecule has 0 unspecified atom stereocenters. The molecule has 0 atom stereocenters. The van der Waals surface area contributed by atoms with Crippen LogP contribution in [0.25, 0.3) is 0 Å². The first-order valence-electron chi connectivity index (χ1n) is 6.06. The zero-order valence-corrected chi connectivity index (χ0v) is 12.7. The average Bonchev–Trinajstić information content (AvgIpc) is 2.85. The summed E-state index contributed by atoms with van der Waals surface area (Å²) in [5.74, 6) is 6.58. The average molecular weight is 288 g/mol. The standard InChI is InChI=1S/C16H16OS2/c1-12-5-6-13(2)16(8-12)19-11-15-9-14(10-18-15)4-3-7-17/h5-6,8-10,17H,7,11H2,1-2H3. The Hall–Kier alpha value is -1.21. The highest BCUT2D eigenvalue weighted by atomic mass is 32.2. The Morgan fingerprint density at radius 1 is 1.26 bits per heavy atom. The molecular weight excluding hydrogens is 272 g/mol. The van der Waals surface area contributed by atoms with E-state index >= 15 is 0 Å². The van der Waals surface area contributed by atoms with E-state index < -0.39 is 0 Å². The van der Waals surface area contributed by atoms with E-state index in [0.717, 1.165) is 11.3 Å². The Labute approximate surface area is 122 Å². The van der Waals surface area contributed by atoms with Gasteiger partial charge in [0.25, 0.3) is 0 Å². The molecule has 19 heavy (non-hydrogen) atoms. The van der Waals surface area contributed by atoms with Crippen LogP contribution in [0.5, 0.6) is 0 Å². The maximum absolute atomic E-state index is 8.67. The van der Waals surface area contributed by atoms with E-state index in [-0.39, 0.29) is 6.61 Å². The molecule has 2 rings (SSSR count). The second-order valence-corrected chi connectivity index (χ2v) is 6.33. The number of aryl methyl sites for hydroxylation is 2. The Kier molecular flexibility index (Phi) is 5.09. The zero-order chi connectivity index (χ0) is 13.7. The maximum atomic E-state index is 8.67. The Morgan fingerprint density at radius 2 is 2.11 bits per heavy atom. The first kappa shape index (κ1) is 14.2. The summed E-state index contributed by atoms with van der Waals surface area (Å²) in [4.78, 5) is 2.66. The molecule has 0 fully saturated rings. The van der Waals surface area contributed by atoms with Crippen LogP contribution in [-0.2, 0) is 5.75 Å². The molecule has 3 heteroatoms. The monoisotopic (exact) mass is 288 g/mol. The molecular formula is C16H16OS2. The van der Waals surface area contributed by atoms with Gasteiger partial charge in [0.05, 0.1) is 0 Å².